The zero-order valence-corrected chi connectivity index (χ0v) is 16.3. The second-order valence-electron chi connectivity index (χ2n) is 7.57. The van der Waals surface area contributed by atoms with Crippen molar-refractivity contribution in [3.8, 4) is 0 Å². The van der Waals surface area contributed by atoms with Crippen LogP contribution in [0, 0.1) is 6.92 Å². The second kappa shape index (κ2) is 8.24. The highest BCUT2D eigenvalue weighted by molar-refractivity contribution is 6.21. The van der Waals surface area contributed by atoms with Crippen LogP contribution in [0.2, 0.25) is 0 Å². The molecule has 7 heteroatoms. The largest absolute Gasteiger partial charge is 0.360 e. The van der Waals surface area contributed by atoms with Crippen LogP contribution in [-0.2, 0) is 6.54 Å². The maximum Gasteiger partial charge on any atom is 0.261 e. The molecule has 2 amide bonds. The molecule has 7 nitrogen and oxygen atoms in total. The molecule has 0 N–H and O–H groups in total. The number of imide groups is 1. The lowest BCUT2D eigenvalue weighted by Gasteiger charge is -2.34. The molecule has 4 rings (SSSR count). The van der Waals surface area contributed by atoms with Gasteiger partial charge in [-0.25, -0.2) is 0 Å². The van der Waals surface area contributed by atoms with Crippen LogP contribution in [0.3, 0.4) is 0 Å². The van der Waals surface area contributed by atoms with E-state index < -0.39 is 0 Å². The Balaban J connectivity index is 1.16. The summed E-state index contributed by atoms with van der Waals surface area (Å²) < 4.78 is 5.30. The summed E-state index contributed by atoms with van der Waals surface area (Å²) in [5, 5.41) is 3.94. The number of amides is 2. The van der Waals surface area contributed by atoms with E-state index in [1.165, 1.54) is 4.90 Å². The minimum Gasteiger partial charge on any atom is -0.360 e. The summed E-state index contributed by atoms with van der Waals surface area (Å²) >= 11 is 0. The van der Waals surface area contributed by atoms with E-state index in [0.29, 0.717) is 17.7 Å². The van der Waals surface area contributed by atoms with Crippen molar-refractivity contribution in [1.29, 1.82) is 0 Å². The van der Waals surface area contributed by atoms with E-state index in [9.17, 15) is 9.59 Å². The molecule has 0 aliphatic carbocycles. The molecular weight excluding hydrogens is 356 g/mol. The van der Waals surface area contributed by atoms with Crippen molar-refractivity contribution in [2.45, 2.75) is 26.3 Å². The highest BCUT2D eigenvalue weighted by Crippen LogP contribution is 2.22. The number of aromatic nitrogens is 1. The number of aryl methyl sites for hydroxylation is 1. The molecule has 28 heavy (non-hydrogen) atoms. The Morgan fingerprint density at radius 3 is 2.14 bits per heavy atom. The molecule has 2 aliphatic rings. The van der Waals surface area contributed by atoms with Crippen molar-refractivity contribution >= 4 is 11.8 Å². The fraction of sp³-hybridized carbons (Fsp3) is 0.476. The highest BCUT2D eigenvalue weighted by Gasteiger charge is 2.34. The van der Waals surface area contributed by atoms with E-state index in [4.69, 9.17) is 4.52 Å². The van der Waals surface area contributed by atoms with E-state index >= 15 is 0 Å². The number of carbonyl (C=O) groups is 2. The van der Waals surface area contributed by atoms with Gasteiger partial charge in [-0.3, -0.25) is 19.4 Å². The molecule has 1 aromatic heterocycles. The Kier molecular flexibility index (Phi) is 5.54. The lowest BCUT2D eigenvalue weighted by Crippen LogP contribution is -2.46. The number of piperazine rings is 1. The number of unbranched alkanes of at least 4 members (excludes halogenated alkanes) is 1. The molecule has 148 valence electrons. The van der Waals surface area contributed by atoms with Gasteiger partial charge in [0.25, 0.3) is 11.8 Å². The molecule has 0 radical (unpaired) electrons. The molecule has 0 atom stereocenters. The fourth-order valence-electron chi connectivity index (χ4n) is 3.93. The van der Waals surface area contributed by atoms with Gasteiger partial charge < -0.3 is 9.42 Å². The van der Waals surface area contributed by atoms with Crippen LogP contribution in [0.15, 0.2) is 34.9 Å². The number of benzene rings is 1. The maximum atomic E-state index is 12.4. The Labute approximate surface area is 164 Å². The Morgan fingerprint density at radius 2 is 1.54 bits per heavy atom. The molecule has 3 heterocycles. The summed E-state index contributed by atoms with van der Waals surface area (Å²) in [6.45, 7) is 8.33. The Hall–Kier alpha value is -2.51. The predicted molar refractivity (Wildman–Crippen MR) is 104 cm³/mol. The topological polar surface area (TPSA) is 69.9 Å². The normalized spacial score (nSPS) is 18.1. The third kappa shape index (κ3) is 4.00. The van der Waals surface area contributed by atoms with Crippen molar-refractivity contribution in [3.05, 3.63) is 52.9 Å². The van der Waals surface area contributed by atoms with Gasteiger partial charge in [-0.05, 0) is 38.4 Å². The van der Waals surface area contributed by atoms with Crippen LogP contribution in [0.1, 0.15) is 45.0 Å². The molecule has 2 aliphatic heterocycles. The van der Waals surface area contributed by atoms with Crippen LogP contribution in [0.5, 0.6) is 0 Å². The molecular formula is C21H26N4O3. The third-order valence-electron chi connectivity index (χ3n) is 5.51. The quantitative estimate of drug-likeness (QED) is 0.540. The maximum absolute atomic E-state index is 12.4. The summed E-state index contributed by atoms with van der Waals surface area (Å²) in [5.41, 5.74) is 1.99. The van der Waals surface area contributed by atoms with Gasteiger partial charge in [-0.1, -0.05) is 17.3 Å². The lowest BCUT2D eigenvalue weighted by atomic mass is 10.1. The van der Waals surface area contributed by atoms with Crippen molar-refractivity contribution in [1.82, 2.24) is 19.9 Å². The van der Waals surface area contributed by atoms with Gasteiger partial charge in [0.1, 0.15) is 0 Å². The average Bonchev–Trinajstić information content (AvgIpc) is 3.22. The van der Waals surface area contributed by atoms with Crippen molar-refractivity contribution in [2.75, 3.05) is 39.3 Å². The first-order valence-corrected chi connectivity index (χ1v) is 9.94. The van der Waals surface area contributed by atoms with Gasteiger partial charge in [-0.15, -0.1) is 0 Å². The smallest absolute Gasteiger partial charge is 0.261 e. The summed E-state index contributed by atoms with van der Waals surface area (Å²) in [6.07, 6.45) is 1.82. The molecule has 1 aromatic carbocycles. The SMILES string of the molecule is Cc1cc(CN2CCN(CCCCN3C(=O)c4ccccc4C3=O)CC2)on1. The minimum absolute atomic E-state index is 0.156. The fourth-order valence-corrected chi connectivity index (χ4v) is 3.93. The van der Waals surface area contributed by atoms with E-state index in [1.54, 1.807) is 24.3 Å². The zero-order chi connectivity index (χ0) is 19.5. The second-order valence-corrected chi connectivity index (χ2v) is 7.57. The van der Waals surface area contributed by atoms with Crippen molar-refractivity contribution < 1.29 is 14.1 Å². The van der Waals surface area contributed by atoms with Crippen molar-refractivity contribution in [2.24, 2.45) is 0 Å². The molecule has 1 fully saturated rings. The Bertz CT molecular complexity index is 820. The molecule has 1 saturated heterocycles. The third-order valence-corrected chi connectivity index (χ3v) is 5.51. The molecule has 2 aromatic rings. The van der Waals surface area contributed by atoms with E-state index in [0.717, 1.165) is 63.6 Å². The van der Waals surface area contributed by atoms with Crippen LogP contribution in [-0.4, -0.2) is 70.9 Å². The van der Waals surface area contributed by atoms with Crippen LogP contribution in [0.25, 0.3) is 0 Å². The van der Waals surface area contributed by atoms with Gasteiger partial charge in [0.2, 0.25) is 0 Å². The highest BCUT2D eigenvalue weighted by atomic mass is 16.5. The number of carbonyl (C=O) groups excluding carboxylic acids is 2. The van der Waals surface area contributed by atoms with Gasteiger partial charge in [0.15, 0.2) is 5.76 Å². The first-order valence-electron chi connectivity index (χ1n) is 9.94. The van der Waals surface area contributed by atoms with Crippen LogP contribution in [0.4, 0.5) is 0 Å². The zero-order valence-electron chi connectivity index (χ0n) is 16.3. The van der Waals surface area contributed by atoms with E-state index in [1.807, 2.05) is 13.0 Å². The van der Waals surface area contributed by atoms with Gasteiger partial charge in [0, 0.05) is 38.8 Å². The average molecular weight is 382 g/mol. The summed E-state index contributed by atoms with van der Waals surface area (Å²) in [6, 6.07) is 9.06. The summed E-state index contributed by atoms with van der Waals surface area (Å²) in [7, 11) is 0. The number of hydrogen-bond acceptors (Lipinski definition) is 6. The monoisotopic (exact) mass is 382 g/mol. The standard InChI is InChI=1S/C21H26N4O3/c1-16-14-17(28-22-16)15-24-12-10-23(11-13-24)8-4-5-9-25-20(26)18-6-2-3-7-19(18)21(25)27/h2-3,6-7,14H,4-5,8-13,15H2,1H3. The van der Waals surface area contributed by atoms with Crippen LogP contribution < -0.4 is 0 Å². The van der Waals surface area contributed by atoms with E-state index in [2.05, 4.69) is 15.0 Å². The number of fused-ring (bicyclic) bond motifs is 1. The molecule has 0 spiro atoms. The minimum atomic E-state index is -0.156. The number of hydrogen-bond donors (Lipinski definition) is 0. The first kappa shape index (κ1) is 18.8. The van der Waals surface area contributed by atoms with Crippen LogP contribution >= 0.6 is 0 Å². The Morgan fingerprint density at radius 1 is 0.929 bits per heavy atom. The number of rotatable bonds is 7. The molecule has 0 bridgehead atoms. The van der Waals surface area contributed by atoms with E-state index in [-0.39, 0.29) is 11.8 Å². The van der Waals surface area contributed by atoms with Crippen molar-refractivity contribution in [3.63, 3.8) is 0 Å². The first-order chi connectivity index (χ1) is 13.6. The van der Waals surface area contributed by atoms with Gasteiger partial charge >= 0.3 is 0 Å². The summed E-state index contributed by atoms with van der Waals surface area (Å²) in [5.74, 6) is 0.612. The molecule has 0 saturated carbocycles. The lowest BCUT2D eigenvalue weighted by molar-refractivity contribution is 0.0648. The molecule has 0 unspecified atom stereocenters. The van der Waals surface area contributed by atoms with Gasteiger partial charge in [-0.2, -0.15) is 0 Å². The predicted octanol–water partition coefficient (Wildman–Crippen LogP) is 2.18. The number of nitrogens with zero attached hydrogens (tertiary/aromatic N) is 4. The summed E-state index contributed by atoms with van der Waals surface area (Å²) in [4.78, 5) is 31.0. The van der Waals surface area contributed by atoms with Gasteiger partial charge in [0.05, 0.1) is 23.4 Å².